The Kier molecular flexibility index (Phi) is 4.67. The van der Waals surface area contributed by atoms with Crippen molar-refractivity contribution >= 4 is 44.8 Å². The Labute approximate surface area is 148 Å². The first kappa shape index (κ1) is 16.9. The van der Waals surface area contributed by atoms with Gasteiger partial charge in [-0.15, -0.1) is 11.3 Å². The molecule has 3 rings (SSSR count). The van der Waals surface area contributed by atoms with E-state index in [1.807, 2.05) is 12.1 Å². The Bertz CT molecular complexity index is 948. The van der Waals surface area contributed by atoms with Gasteiger partial charge in [0.15, 0.2) is 0 Å². The third kappa shape index (κ3) is 3.46. The van der Waals surface area contributed by atoms with Gasteiger partial charge in [-0.1, -0.05) is 13.3 Å². The molecule has 0 radical (unpaired) electrons. The van der Waals surface area contributed by atoms with Gasteiger partial charge in [-0.2, -0.15) is 0 Å². The van der Waals surface area contributed by atoms with Crippen LogP contribution in [0.4, 0.5) is 11.4 Å². The zero-order valence-corrected chi connectivity index (χ0v) is 14.4. The van der Waals surface area contributed by atoms with E-state index in [1.165, 1.54) is 23.5 Å². The second-order valence-corrected chi connectivity index (χ2v) is 6.59. The Morgan fingerprint density at radius 3 is 2.56 bits per heavy atom. The number of carbonyl (C=O) groups excluding carboxylic acids is 1. The lowest BCUT2D eigenvalue weighted by molar-refractivity contribution is 0.0696. The second kappa shape index (κ2) is 6.90. The Morgan fingerprint density at radius 1 is 1.20 bits per heavy atom. The third-order valence-electron chi connectivity index (χ3n) is 3.75. The van der Waals surface area contributed by atoms with Crippen LogP contribution < -0.4 is 11.1 Å². The van der Waals surface area contributed by atoms with E-state index >= 15 is 0 Å². The number of fused-ring (bicyclic) bond motifs is 1. The highest BCUT2D eigenvalue weighted by atomic mass is 32.1. The number of carboxylic acids is 1. The van der Waals surface area contributed by atoms with E-state index in [4.69, 9.17) is 10.8 Å². The van der Waals surface area contributed by atoms with E-state index in [9.17, 15) is 9.59 Å². The largest absolute Gasteiger partial charge is 0.478 e. The molecule has 2 heterocycles. The number of hydrogen-bond donors (Lipinski definition) is 3. The van der Waals surface area contributed by atoms with Crippen molar-refractivity contribution in [1.29, 1.82) is 0 Å². The normalized spacial score (nSPS) is 10.8. The summed E-state index contributed by atoms with van der Waals surface area (Å²) >= 11 is 1.26. The number of aromatic carboxylic acids is 1. The first-order valence-electron chi connectivity index (χ1n) is 7.82. The molecule has 3 aromatic rings. The van der Waals surface area contributed by atoms with Gasteiger partial charge in [-0.25, -0.2) is 9.78 Å². The molecule has 2 aromatic heterocycles. The lowest BCUT2D eigenvalue weighted by atomic mass is 10.2. The quantitative estimate of drug-likeness (QED) is 0.646. The van der Waals surface area contributed by atoms with Gasteiger partial charge in [0.2, 0.25) is 0 Å². The van der Waals surface area contributed by atoms with Crippen molar-refractivity contribution in [2.45, 2.75) is 19.8 Å². The predicted octanol–water partition coefficient (Wildman–Crippen LogP) is 3.78. The van der Waals surface area contributed by atoms with Crippen molar-refractivity contribution in [3.05, 3.63) is 52.5 Å². The lowest BCUT2D eigenvalue weighted by Crippen LogP contribution is -2.12. The van der Waals surface area contributed by atoms with Crippen molar-refractivity contribution in [2.75, 3.05) is 11.1 Å². The number of anilines is 2. The third-order valence-corrected chi connectivity index (χ3v) is 4.87. The molecule has 1 amide bonds. The Hall–Kier alpha value is -2.93. The molecule has 1 aromatic carbocycles. The number of hydrogen-bond acceptors (Lipinski definition) is 5. The highest BCUT2D eigenvalue weighted by Crippen LogP contribution is 2.33. The highest BCUT2D eigenvalue weighted by Gasteiger charge is 2.18. The summed E-state index contributed by atoms with van der Waals surface area (Å²) in [7, 11) is 0. The van der Waals surface area contributed by atoms with E-state index < -0.39 is 5.97 Å². The minimum atomic E-state index is -1.01. The molecule has 4 N–H and O–H groups in total. The molecule has 0 unspecified atom stereocenters. The number of pyridine rings is 1. The fourth-order valence-corrected chi connectivity index (χ4v) is 3.49. The molecule has 0 saturated carbocycles. The van der Waals surface area contributed by atoms with Gasteiger partial charge in [0, 0.05) is 16.8 Å². The number of aryl methyl sites for hydroxylation is 1. The highest BCUT2D eigenvalue weighted by molar-refractivity contribution is 7.21. The molecule has 0 aliphatic heterocycles. The first-order chi connectivity index (χ1) is 12.0. The summed E-state index contributed by atoms with van der Waals surface area (Å²) in [5.41, 5.74) is 8.17. The van der Waals surface area contributed by atoms with E-state index in [-0.39, 0.29) is 11.5 Å². The molecule has 0 saturated heterocycles. The van der Waals surface area contributed by atoms with Crippen molar-refractivity contribution < 1.29 is 14.7 Å². The standard InChI is InChI=1S/C18H17N3O3S/c1-2-3-11-8-9-13-14(19)15(25-17(13)21-11)16(22)20-12-6-4-10(5-7-12)18(23)24/h4-9H,2-3,19H2,1H3,(H,20,22)(H,23,24). The van der Waals surface area contributed by atoms with Gasteiger partial charge in [0.25, 0.3) is 5.91 Å². The zero-order valence-electron chi connectivity index (χ0n) is 13.6. The molecule has 128 valence electrons. The van der Waals surface area contributed by atoms with Gasteiger partial charge in [0.1, 0.15) is 9.71 Å². The van der Waals surface area contributed by atoms with Gasteiger partial charge in [0.05, 0.1) is 11.3 Å². The van der Waals surface area contributed by atoms with Crippen LogP contribution in [0.25, 0.3) is 10.2 Å². The van der Waals surface area contributed by atoms with Gasteiger partial charge in [-0.3, -0.25) is 4.79 Å². The Balaban J connectivity index is 1.86. The fraction of sp³-hybridized carbons (Fsp3) is 0.167. The van der Waals surface area contributed by atoms with E-state index in [2.05, 4.69) is 17.2 Å². The van der Waals surface area contributed by atoms with Crippen molar-refractivity contribution in [2.24, 2.45) is 0 Å². The summed E-state index contributed by atoms with van der Waals surface area (Å²) in [4.78, 5) is 29.1. The maximum Gasteiger partial charge on any atom is 0.335 e. The van der Waals surface area contributed by atoms with Gasteiger partial charge >= 0.3 is 5.97 Å². The summed E-state index contributed by atoms with van der Waals surface area (Å²) in [6, 6.07) is 9.79. The van der Waals surface area contributed by atoms with Crippen molar-refractivity contribution in [3.8, 4) is 0 Å². The van der Waals surface area contributed by atoms with Crippen LogP contribution in [-0.4, -0.2) is 22.0 Å². The minimum absolute atomic E-state index is 0.159. The van der Waals surface area contributed by atoms with Gasteiger partial charge in [-0.05, 0) is 42.8 Å². The van der Waals surface area contributed by atoms with Gasteiger partial charge < -0.3 is 16.2 Å². The number of carboxylic acid groups (broad SMARTS) is 1. The second-order valence-electron chi connectivity index (χ2n) is 5.59. The summed E-state index contributed by atoms with van der Waals surface area (Å²) < 4.78 is 0. The average molecular weight is 355 g/mol. The molecule has 0 aliphatic rings. The van der Waals surface area contributed by atoms with Crippen LogP contribution in [0.2, 0.25) is 0 Å². The zero-order chi connectivity index (χ0) is 18.0. The van der Waals surface area contributed by atoms with Crippen LogP contribution in [-0.2, 0) is 6.42 Å². The summed E-state index contributed by atoms with van der Waals surface area (Å²) in [6.07, 6.45) is 1.88. The number of rotatable bonds is 5. The molecular weight excluding hydrogens is 338 g/mol. The molecule has 0 atom stereocenters. The van der Waals surface area contributed by atoms with E-state index in [0.29, 0.717) is 16.3 Å². The van der Waals surface area contributed by atoms with Crippen molar-refractivity contribution in [1.82, 2.24) is 4.98 Å². The van der Waals surface area contributed by atoms with E-state index in [1.54, 1.807) is 12.1 Å². The van der Waals surface area contributed by atoms with Crippen LogP contribution in [0, 0.1) is 0 Å². The summed E-state index contributed by atoms with van der Waals surface area (Å²) in [5.74, 6) is -1.35. The maximum atomic E-state index is 12.5. The van der Waals surface area contributed by atoms with Crippen LogP contribution in [0.3, 0.4) is 0 Å². The molecule has 25 heavy (non-hydrogen) atoms. The van der Waals surface area contributed by atoms with Crippen LogP contribution >= 0.6 is 11.3 Å². The molecule has 0 aliphatic carbocycles. The number of aromatic nitrogens is 1. The summed E-state index contributed by atoms with van der Waals surface area (Å²) in [5, 5.41) is 12.4. The number of nitrogen functional groups attached to an aromatic ring is 1. The molecule has 0 fully saturated rings. The molecule has 0 bridgehead atoms. The maximum absolute atomic E-state index is 12.5. The number of nitrogens with zero attached hydrogens (tertiary/aromatic N) is 1. The van der Waals surface area contributed by atoms with Crippen LogP contribution in [0.1, 0.15) is 39.1 Å². The number of nitrogens with one attached hydrogen (secondary N) is 1. The number of thiophene rings is 1. The molecular formula is C18H17N3O3S. The number of carbonyl (C=O) groups is 2. The number of nitrogens with two attached hydrogens (primary N) is 1. The Morgan fingerprint density at radius 2 is 1.92 bits per heavy atom. The molecule has 0 spiro atoms. The smallest absolute Gasteiger partial charge is 0.335 e. The SMILES string of the molecule is CCCc1ccc2c(N)c(C(=O)Nc3ccc(C(=O)O)cc3)sc2n1. The fourth-order valence-electron chi connectivity index (χ4n) is 2.48. The van der Waals surface area contributed by atoms with Crippen molar-refractivity contribution in [3.63, 3.8) is 0 Å². The number of amides is 1. The number of benzene rings is 1. The monoisotopic (exact) mass is 355 g/mol. The van der Waals surface area contributed by atoms with Crippen LogP contribution in [0.5, 0.6) is 0 Å². The van der Waals surface area contributed by atoms with Crippen LogP contribution in [0.15, 0.2) is 36.4 Å². The molecule has 6 nitrogen and oxygen atoms in total. The topological polar surface area (TPSA) is 105 Å². The molecule has 7 heteroatoms. The predicted molar refractivity (Wildman–Crippen MR) is 99.4 cm³/mol. The van der Waals surface area contributed by atoms with E-state index in [0.717, 1.165) is 28.8 Å². The lowest BCUT2D eigenvalue weighted by Gasteiger charge is -2.04. The first-order valence-corrected chi connectivity index (χ1v) is 8.64. The summed E-state index contributed by atoms with van der Waals surface area (Å²) in [6.45, 7) is 2.09. The average Bonchev–Trinajstić information content (AvgIpc) is 2.92. The minimum Gasteiger partial charge on any atom is -0.478 e.